The van der Waals surface area contributed by atoms with Crippen molar-refractivity contribution in [1.29, 1.82) is 5.26 Å². The normalized spacial score (nSPS) is 11.6. The molecule has 76 valence electrons. The maximum absolute atomic E-state index is 9.04. The summed E-state index contributed by atoms with van der Waals surface area (Å²) in [6.45, 7) is 5.85. The van der Waals surface area contributed by atoms with Gasteiger partial charge in [0, 0.05) is 0 Å². The van der Waals surface area contributed by atoms with Crippen molar-refractivity contribution in [3.63, 3.8) is 0 Å². The number of benzene rings is 1. The Balaban J connectivity index is 2.63. The van der Waals surface area contributed by atoms with Gasteiger partial charge in [-0.25, -0.2) is 4.98 Å². The maximum Gasteiger partial charge on any atom is 0.114 e. The van der Waals surface area contributed by atoms with Crippen molar-refractivity contribution in [2.75, 3.05) is 0 Å². The van der Waals surface area contributed by atoms with E-state index in [1.165, 1.54) is 5.56 Å². The van der Waals surface area contributed by atoms with Crippen LogP contribution in [0.5, 0.6) is 0 Å². The molecular weight excluding hydrogens is 204 g/mol. The molecule has 1 heterocycles. The van der Waals surface area contributed by atoms with Crippen LogP contribution in [0, 0.1) is 18.3 Å². The first-order valence-electron chi connectivity index (χ1n) is 4.82. The van der Waals surface area contributed by atoms with Crippen LogP contribution in [0.25, 0.3) is 10.2 Å². The molecule has 0 aliphatic carbocycles. The highest BCUT2D eigenvalue weighted by Crippen LogP contribution is 2.31. The van der Waals surface area contributed by atoms with Crippen molar-refractivity contribution in [3.8, 4) is 6.07 Å². The topological polar surface area (TPSA) is 36.7 Å². The molecule has 1 aromatic heterocycles. The fourth-order valence-corrected chi connectivity index (χ4v) is 2.35. The highest BCUT2D eigenvalue weighted by Gasteiger charge is 2.24. The van der Waals surface area contributed by atoms with Crippen LogP contribution in [0.3, 0.4) is 0 Å². The summed E-state index contributed by atoms with van der Waals surface area (Å²) in [5.74, 6) is 0. The molecule has 0 amide bonds. The van der Waals surface area contributed by atoms with Gasteiger partial charge < -0.3 is 0 Å². The molecule has 2 rings (SSSR count). The summed E-state index contributed by atoms with van der Waals surface area (Å²) < 4.78 is 1.15. The van der Waals surface area contributed by atoms with E-state index in [4.69, 9.17) is 5.26 Å². The van der Waals surface area contributed by atoms with Gasteiger partial charge in [-0.2, -0.15) is 5.26 Å². The monoisotopic (exact) mass is 216 g/mol. The van der Waals surface area contributed by atoms with Crippen molar-refractivity contribution in [3.05, 3.63) is 28.8 Å². The molecule has 0 aliphatic rings. The molecule has 15 heavy (non-hydrogen) atoms. The molecule has 2 nitrogen and oxygen atoms in total. The average molecular weight is 216 g/mol. The zero-order valence-corrected chi connectivity index (χ0v) is 9.85. The number of aromatic nitrogens is 1. The zero-order chi connectivity index (χ0) is 11.1. The van der Waals surface area contributed by atoms with E-state index < -0.39 is 5.41 Å². The van der Waals surface area contributed by atoms with Crippen LogP contribution < -0.4 is 0 Å². The van der Waals surface area contributed by atoms with E-state index in [0.29, 0.717) is 0 Å². The number of hydrogen-bond donors (Lipinski definition) is 0. The highest BCUT2D eigenvalue weighted by molar-refractivity contribution is 7.18. The standard InChI is InChI=1S/C12H12N2S/c1-8-4-5-10-9(6-8)14-11(15-10)12(2,3)7-13/h4-6H,1-3H3. The second kappa shape index (κ2) is 3.32. The van der Waals surface area contributed by atoms with Crippen molar-refractivity contribution >= 4 is 21.6 Å². The Bertz CT molecular complexity index is 546. The third-order valence-electron chi connectivity index (χ3n) is 2.36. The van der Waals surface area contributed by atoms with Gasteiger partial charge in [-0.1, -0.05) is 6.07 Å². The largest absolute Gasteiger partial charge is 0.239 e. The third-order valence-corrected chi connectivity index (χ3v) is 3.72. The fraction of sp³-hybridized carbons (Fsp3) is 0.333. The van der Waals surface area contributed by atoms with E-state index in [1.54, 1.807) is 11.3 Å². The average Bonchev–Trinajstić information content (AvgIpc) is 2.61. The Labute approximate surface area is 93.2 Å². The lowest BCUT2D eigenvalue weighted by Crippen LogP contribution is -2.12. The summed E-state index contributed by atoms with van der Waals surface area (Å²) in [7, 11) is 0. The predicted octanol–water partition coefficient (Wildman–Crippen LogP) is 3.41. The Morgan fingerprint density at radius 1 is 1.40 bits per heavy atom. The van der Waals surface area contributed by atoms with Crippen LogP contribution in [0.1, 0.15) is 24.4 Å². The minimum Gasteiger partial charge on any atom is -0.239 e. The number of nitriles is 1. The molecule has 0 fully saturated rings. The molecule has 0 N–H and O–H groups in total. The first kappa shape index (κ1) is 10.1. The van der Waals surface area contributed by atoms with Crippen LogP contribution >= 0.6 is 11.3 Å². The van der Waals surface area contributed by atoms with Gasteiger partial charge in [0.15, 0.2) is 0 Å². The number of hydrogen-bond acceptors (Lipinski definition) is 3. The van der Waals surface area contributed by atoms with Gasteiger partial charge in [0.2, 0.25) is 0 Å². The fourth-order valence-electron chi connectivity index (χ4n) is 1.35. The number of rotatable bonds is 1. The second-order valence-electron chi connectivity index (χ2n) is 4.23. The molecule has 0 bridgehead atoms. The van der Waals surface area contributed by atoms with Crippen molar-refractivity contribution in [1.82, 2.24) is 4.98 Å². The Morgan fingerprint density at radius 2 is 2.13 bits per heavy atom. The molecule has 0 saturated carbocycles. The number of nitrogens with zero attached hydrogens (tertiary/aromatic N) is 2. The lowest BCUT2D eigenvalue weighted by atomic mass is 9.97. The molecule has 0 unspecified atom stereocenters. The zero-order valence-electron chi connectivity index (χ0n) is 9.03. The van der Waals surface area contributed by atoms with E-state index >= 15 is 0 Å². The van der Waals surface area contributed by atoms with Gasteiger partial charge in [0.25, 0.3) is 0 Å². The first-order valence-corrected chi connectivity index (χ1v) is 5.63. The molecular formula is C12H12N2S. The van der Waals surface area contributed by atoms with Gasteiger partial charge in [0.1, 0.15) is 10.4 Å². The molecule has 0 spiro atoms. The number of thiazole rings is 1. The van der Waals surface area contributed by atoms with Crippen LogP contribution in [0.15, 0.2) is 18.2 Å². The summed E-state index contributed by atoms with van der Waals surface area (Å²) in [4.78, 5) is 4.51. The summed E-state index contributed by atoms with van der Waals surface area (Å²) >= 11 is 1.60. The van der Waals surface area contributed by atoms with Crippen molar-refractivity contribution in [2.24, 2.45) is 0 Å². The van der Waals surface area contributed by atoms with Crippen molar-refractivity contribution < 1.29 is 0 Å². The van der Waals surface area contributed by atoms with Crippen LogP contribution in [0.4, 0.5) is 0 Å². The molecule has 0 saturated heterocycles. The summed E-state index contributed by atoms with van der Waals surface area (Å²) in [5.41, 5.74) is 1.71. The van der Waals surface area contributed by atoms with E-state index in [0.717, 1.165) is 15.2 Å². The van der Waals surface area contributed by atoms with Crippen LogP contribution in [-0.2, 0) is 5.41 Å². The Morgan fingerprint density at radius 3 is 2.80 bits per heavy atom. The number of fused-ring (bicyclic) bond motifs is 1. The highest BCUT2D eigenvalue weighted by atomic mass is 32.1. The molecule has 0 radical (unpaired) electrons. The molecule has 0 atom stereocenters. The number of aryl methyl sites for hydroxylation is 1. The lowest BCUT2D eigenvalue weighted by molar-refractivity contribution is 0.682. The smallest absolute Gasteiger partial charge is 0.114 e. The summed E-state index contributed by atoms with van der Waals surface area (Å²) in [5, 5.41) is 9.94. The molecule has 0 aliphatic heterocycles. The molecule has 1 aromatic carbocycles. The van der Waals surface area contributed by atoms with Crippen molar-refractivity contribution in [2.45, 2.75) is 26.2 Å². The van der Waals surface area contributed by atoms with E-state index in [-0.39, 0.29) is 0 Å². The first-order chi connectivity index (χ1) is 7.03. The van der Waals surface area contributed by atoms with Gasteiger partial charge in [-0.15, -0.1) is 11.3 Å². The molecule has 2 aromatic rings. The minimum atomic E-state index is -0.489. The van der Waals surface area contributed by atoms with Crippen LogP contribution in [0.2, 0.25) is 0 Å². The van der Waals surface area contributed by atoms with Gasteiger partial charge in [0.05, 0.1) is 16.3 Å². The van der Waals surface area contributed by atoms with Gasteiger partial charge in [-0.05, 0) is 38.5 Å². The summed E-state index contributed by atoms with van der Waals surface area (Å²) in [6, 6.07) is 8.48. The third kappa shape index (κ3) is 1.73. The molecule has 3 heteroatoms. The lowest BCUT2D eigenvalue weighted by Gasteiger charge is -2.09. The second-order valence-corrected chi connectivity index (χ2v) is 5.26. The van der Waals surface area contributed by atoms with E-state index in [2.05, 4.69) is 29.3 Å². The predicted molar refractivity (Wildman–Crippen MR) is 63.0 cm³/mol. The summed E-state index contributed by atoms with van der Waals surface area (Å²) in [6.07, 6.45) is 0. The minimum absolute atomic E-state index is 0.489. The van der Waals surface area contributed by atoms with E-state index in [1.807, 2.05) is 20.8 Å². The van der Waals surface area contributed by atoms with E-state index in [9.17, 15) is 0 Å². The van der Waals surface area contributed by atoms with Gasteiger partial charge >= 0.3 is 0 Å². The van der Waals surface area contributed by atoms with Gasteiger partial charge in [-0.3, -0.25) is 0 Å². The Kier molecular flexibility index (Phi) is 2.24. The quantitative estimate of drug-likeness (QED) is 0.732. The Hall–Kier alpha value is -1.40. The SMILES string of the molecule is Cc1ccc2sc(C(C)(C)C#N)nc2c1. The van der Waals surface area contributed by atoms with Crippen LogP contribution in [-0.4, -0.2) is 4.98 Å². The maximum atomic E-state index is 9.04.